The molecule has 10 heteroatoms. The fourth-order valence-corrected chi connectivity index (χ4v) is 8.27. The van der Waals surface area contributed by atoms with Gasteiger partial charge in [0.2, 0.25) is 5.95 Å². The minimum Gasteiger partial charge on any atom is -0.479 e. The summed E-state index contributed by atoms with van der Waals surface area (Å²) in [6, 6.07) is 9.55. The molecule has 3 unspecified atom stereocenters. The summed E-state index contributed by atoms with van der Waals surface area (Å²) in [5, 5.41) is 10.6. The highest BCUT2D eigenvalue weighted by Crippen LogP contribution is 2.45. The number of anilines is 3. The number of aryl methyl sites for hydroxylation is 2. The number of pyridine rings is 1. The van der Waals surface area contributed by atoms with E-state index in [0.29, 0.717) is 23.3 Å². The third kappa shape index (κ3) is 6.74. The minimum atomic E-state index is -1.13. The predicted molar refractivity (Wildman–Crippen MR) is 192 cm³/mol. The van der Waals surface area contributed by atoms with Crippen LogP contribution < -0.4 is 14.7 Å². The fraction of sp³-hybridized carbons (Fsp3) is 0.590. The van der Waals surface area contributed by atoms with Crippen LogP contribution >= 0.6 is 0 Å². The van der Waals surface area contributed by atoms with Crippen LogP contribution in [0.2, 0.25) is 0 Å². The molecule has 2 aromatic heterocycles. The van der Waals surface area contributed by atoms with Crippen LogP contribution in [0.4, 0.5) is 17.5 Å². The zero-order chi connectivity index (χ0) is 34.7. The SMILES string of the molecule is Cc1nc(C)c(C(OC(C)(C)C)C(=O)O)c(N2CCC(C)(C)CC2)c1-c1ccc2c(c1)CCN(c1nccc(N3C4CCC3COC4)n1)C2. The number of carboxylic acid groups (broad SMARTS) is 1. The molecule has 0 radical (unpaired) electrons. The van der Waals surface area contributed by atoms with Crippen LogP contribution in [-0.2, 0) is 27.2 Å². The zero-order valence-corrected chi connectivity index (χ0v) is 30.3. The number of piperidine rings is 1. The number of benzene rings is 1. The van der Waals surface area contributed by atoms with Crippen molar-refractivity contribution >= 4 is 23.4 Å². The molecule has 4 aliphatic heterocycles. The van der Waals surface area contributed by atoms with Crippen molar-refractivity contribution in [2.24, 2.45) is 5.41 Å². The topological polar surface area (TPSA) is 104 Å². The number of carboxylic acids is 1. The summed E-state index contributed by atoms with van der Waals surface area (Å²) in [7, 11) is 0. The molecule has 0 aliphatic carbocycles. The van der Waals surface area contributed by atoms with Gasteiger partial charge in [-0.1, -0.05) is 32.0 Å². The lowest BCUT2D eigenvalue weighted by Gasteiger charge is -2.41. The van der Waals surface area contributed by atoms with Gasteiger partial charge in [-0.2, -0.15) is 4.98 Å². The molecule has 262 valence electrons. The third-order valence-electron chi connectivity index (χ3n) is 10.9. The standard InChI is InChI=1S/C39H52N6O4/c1-24-32(34(43-18-14-39(6,7)15-19-43)33(25(2)41-24)35(36(46)47)49-38(3,4)5)27-8-9-28-21-44(17-13-26(28)20-27)37-40-16-12-31(42-37)45-29-10-11-30(45)23-48-22-29/h8-9,12,16,20,29-30,35H,10-11,13-15,17-19,21-23H2,1-7H3,(H,46,47). The van der Waals surface area contributed by atoms with Gasteiger partial charge in [-0.3, -0.25) is 4.98 Å². The number of ether oxygens (including phenoxy) is 2. The van der Waals surface area contributed by atoms with Crippen LogP contribution in [0.15, 0.2) is 30.5 Å². The molecule has 3 fully saturated rings. The van der Waals surface area contributed by atoms with E-state index in [0.717, 1.165) is 106 Å². The second kappa shape index (κ2) is 12.8. The maximum atomic E-state index is 12.9. The Labute approximate surface area is 290 Å². The molecule has 3 aromatic rings. The average Bonchev–Trinajstić information content (AvgIpc) is 3.30. The monoisotopic (exact) mass is 668 g/mol. The van der Waals surface area contributed by atoms with Gasteiger partial charge >= 0.3 is 5.97 Å². The molecule has 0 amide bonds. The van der Waals surface area contributed by atoms with Crippen LogP contribution in [-0.4, -0.2) is 76.6 Å². The molecule has 4 aliphatic rings. The Morgan fingerprint density at radius 1 is 0.980 bits per heavy atom. The van der Waals surface area contributed by atoms with Crippen molar-refractivity contribution in [3.8, 4) is 11.1 Å². The van der Waals surface area contributed by atoms with Gasteiger partial charge < -0.3 is 29.3 Å². The Hall–Kier alpha value is -3.76. The smallest absolute Gasteiger partial charge is 0.337 e. The minimum absolute atomic E-state index is 0.241. The number of hydrogen-bond acceptors (Lipinski definition) is 9. The number of rotatable bonds is 7. The third-order valence-corrected chi connectivity index (χ3v) is 10.9. The molecule has 1 aromatic carbocycles. The largest absolute Gasteiger partial charge is 0.479 e. The van der Waals surface area contributed by atoms with Crippen molar-refractivity contribution in [1.82, 2.24) is 15.0 Å². The highest BCUT2D eigenvalue weighted by molar-refractivity contribution is 5.88. The van der Waals surface area contributed by atoms with E-state index in [4.69, 9.17) is 24.4 Å². The van der Waals surface area contributed by atoms with Crippen molar-refractivity contribution in [2.75, 3.05) is 47.5 Å². The van der Waals surface area contributed by atoms with Crippen LogP contribution in [0.1, 0.15) is 94.5 Å². The molecular weight excluding hydrogens is 616 g/mol. The van der Waals surface area contributed by atoms with Gasteiger partial charge in [0.05, 0.1) is 36.6 Å². The molecule has 7 rings (SSSR count). The molecule has 3 atom stereocenters. The van der Waals surface area contributed by atoms with Gasteiger partial charge in [0.15, 0.2) is 6.10 Å². The number of carbonyl (C=O) groups is 1. The van der Waals surface area contributed by atoms with Crippen LogP contribution in [0, 0.1) is 19.3 Å². The maximum absolute atomic E-state index is 12.9. The lowest BCUT2D eigenvalue weighted by atomic mass is 9.81. The molecule has 2 bridgehead atoms. The maximum Gasteiger partial charge on any atom is 0.337 e. The van der Waals surface area contributed by atoms with E-state index in [2.05, 4.69) is 53.7 Å². The van der Waals surface area contributed by atoms with Crippen molar-refractivity contribution in [2.45, 2.75) is 111 Å². The lowest BCUT2D eigenvalue weighted by Crippen LogP contribution is -2.46. The average molecular weight is 669 g/mol. The molecule has 0 saturated carbocycles. The van der Waals surface area contributed by atoms with Crippen LogP contribution in [0.25, 0.3) is 11.1 Å². The summed E-state index contributed by atoms with van der Waals surface area (Å²) in [6.07, 6.45) is 5.99. The van der Waals surface area contributed by atoms with E-state index in [9.17, 15) is 9.90 Å². The van der Waals surface area contributed by atoms with E-state index >= 15 is 0 Å². The first kappa shape index (κ1) is 33.7. The quantitative estimate of drug-likeness (QED) is 0.294. The first-order valence-electron chi connectivity index (χ1n) is 18.0. The Balaban J connectivity index is 1.24. The highest BCUT2D eigenvalue weighted by atomic mass is 16.5. The summed E-state index contributed by atoms with van der Waals surface area (Å²) in [4.78, 5) is 34.8. The van der Waals surface area contributed by atoms with E-state index in [1.165, 1.54) is 11.1 Å². The molecular formula is C39H52N6O4. The van der Waals surface area contributed by atoms with Crippen molar-refractivity contribution in [1.29, 1.82) is 0 Å². The van der Waals surface area contributed by atoms with Crippen molar-refractivity contribution in [3.05, 3.63) is 58.5 Å². The molecule has 6 heterocycles. The number of morpholine rings is 1. The molecule has 1 N–H and O–H groups in total. The van der Waals surface area contributed by atoms with Crippen LogP contribution in [0.5, 0.6) is 0 Å². The molecule has 10 nitrogen and oxygen atoms in total. The highest BCUT2D eigenvalue weighted by Gasteiger charge is 2.39. The van der Waals surface area contributed by atoms with Gasteiger partial charge in [-0.25, -0.2) is 9.78 Å². The molecule has 49 heavy (non-hydrogen) atoms. The molecule has 3 saturated heterocycles. The van der Waals surface area contributed by atoms with Gasteiger partial charge in [-0.05, 0) is 94.9 Å². The predicted octanol–water partition coefficient (Wildman–Crippen LogP) is 6.65. The first-order valence-corrected chi connectivity index (χ1v) is 18.0. The summed E-state index contributed by atoms with van der Waals surface area (Å²) in [5.74, 6) is 0.783. The van der Waals surface area contributed by atoms with Crippen molar-refractivity contribution in [3.63, 3.8) is 0 Å². The van der Waals surface area contributed by atoms with E-state index in [1.54, 1.807) is 0 Å². The first-order chi connectivity index (χ1) is 23.3. The molecule has 0 spiro atoms. The number of aliphatic carboxylic acids is 1. The second-order valence-corrected chi connectivity index (χ2v) is 16.2. The lowest BCUT2D eigenvalue weighted by molar-refractivity contribution is -0.160. The van der Waals surface area contributed by atoms with Gasteiger partial charge in [0.1, 0.15) is 5.82 Å². The van der Waals surface area contributed by atoms with Crippen molar-refractivity contribution < 1.29 is 19.4 Å². The summed E-state index contributed by atoms with van der Waals surface area (Å²) >= 11 is 0. The van der Waals surface area contributed by atoms with Crippen LogP contribution in [0.3, 0.4) is 0 Å². The number of fused-ring (bicyclic) bond motifs is 3. The summed E-state index contributed by atoms with van der Waals surface area (Å²) in [5.41, 5.74) is 7.45. The van der Waals surface area contributed by atoms with Gasteiger partial charge in [-0.15, -0.1) is 0 Å². The fourth-order valence-electron chi connectivity index (χ4n) is 8.27. The number of nitrogens with zero attached hydrogens (tertiary/aromatic N) is 6. The van der Waals surface area contributed by atoms with Gasteiger partial charge in [0, 0.05) is 54.9 Å². The number of aromatic nitrogens is 3. The Morgan fingerprint density at radius 3 is 2.37 bits per heavy atom. The Kier molecular flexibility index (Phi) is 8.84. The normalized spacial score (nSPS) is 22.6. The summed E-state index contributed by atoms with van der Waals surface area (Å²) in [6.45, 7) is 19.1. The second-order valence-electron chi connectivity index (χ2n) is 16.2. The van der Waals surface area contributed by atoms with E-state index < -0.39 is 17.7 Å². The van der Waals surface area contributed by atoms with E-state index in [1.807, 2.05) is 40.0 Å². The van der Waals surface area contributed by atoms with Gasteiger partial charge in [0.25, 0.3) is 0 Å². The Morgan fingerprint density at radius 2 is 1.69 bits per heavy atom. The zero-order valence-electron chi connectivity index (χ0n) is 30.3. The van der Waals surface area contributed by atoms with E-state index in [-0.39, 0.29) is 5.41 Å². The summed E-state index contributed by atoms with van der Waals surface area (Å²) < 4.78 is 12.1. The Bertz CT molecular complexity index is 1710. The number of hydrogen-bond donors (Lipinski definition) is 1.